The molecule has 1 aromatic heterocycles. The van der Waals surface area contributed by atoms with Crippen LogP contribution in [0.4, 0.5) is 0 Å². The first-order chi connectivity index (χ1) is 17.7. The molecule has 0 atom stereocenters. The van der Waals surface area contributed by atoms with E-state index in [9.17, 15) is 0 Å². The maximum Gasteiger partial charge on any atom is 0.494 e. The summed E-state index contributed by atoms with van der Waals surface area (Å²) < 4.78 is 12.5. The highest BCUT2D eigenvalue weighted by Crippen LogP contribution is 2.37. The maximum absolute atomic E-state index is 6.23. The number of para-hydroxylation sites is 1. The molecule has 0 saturated carbocycles. The summed E-state index contributed by atoms with van der Waals surface area (Å²) in [6.07, 6.45) is 12.2. The van der Waals surface area contributed by atoms with Crippen molar-refractivity contribution >= 4 is 29.1 Å². The largest absolute Gasteiger partial charge is 0.494 e. The monoisotopic (exact) mass is 488 g/mol. The second-order valence-electron chi connectivity index (χ2n) is 10.6. The van der Waals surface area contributed by atoms with E-state index in [0.29, 0.717) is 5.82 Å². The molecule has 3 aromatic rings. The molecule has 1 aliphatic carbocycles. The average molecular weight is 488 g/mol. The van der Waals surface area contributed by atoms with Gasteiger partial charge in [0.15, 0.2) is 5.82 Å². The van der Waals surface area contributed by atoms with Crippen molar-refractivity contribution in [3.05, 3.63) is 109 Å². The summed E-state index contributed by atoms with van der Waals surface area (Å²) in [5.74, 6) is 0.631. The zero-order valence-electron chi connectivity index (χ0n) is 22.1. The Morgan fingerprint density at radius 3 is 2.32 bits per heavy atom. The second-order valence-corrected chi connectivity index (χ2v) is 10.6. The topological polar surface area (TPSA) is 44.2 Å². The first-order valence-corrected chi connectivity index (χ1v) is 12.8. The molecule has 1 fully saturated rings. The molecule has 0 bridgehead atoms. The van der Waals surface area contributed by atoms with Gasteiger partial charge < -0.3 is 9.31 Å². The Morgan fingerprint density at radius 1 is 0.973 bits per heavy atom. The molecule has 0 unspecified atom stereocenters. The fourth-order valence-electron chi connectivity index (χ4n) is 4.57. The average Bonchev–Trinajstić information content (AvgIpc) is 3.13. The molecule has 37 heavy (non-hydrogen) atoms. The van der Waals surface area contributed by atoms with Crippen molar-refractivity contribution in [1.29, 1.82) is 0 Å². The summed E-state index contributed by atoms with van der Waals surface area (Å²) in [6, 6.07) is 16.4. The minimum Gasteiger partial charge on any atom is -0.399 e. The normalized spacial score (nSPS) is 18.6. The Hall–Kier alpha value is -3.54. The molecule has 2 aromatic carbocycles. The van der Waals surface area contributed by atoms with Gasteiger partial charge in [0, 0.05) is 16.5 Å². The van der Waals surface area contributed by atoms with Gasteiger partial charge in [0.1, 0.15) is 0 Å². The van der Waals surface area contributed by atoms with E-state index in [1.807, 2.05) is 24.3 Å². The number of fused-ring (bicyclic) bond motifs is 1. The van der Waals surface area contributed by atoms with Crippen LogP contribution in [0.2, 0.25) is 0 Å². The van der Waals surface area contributed by atoms with Crippen molar-refractivity contribution in [3.8, 4) is 11.3 Å². The molecule has 1 saturated heterocycles. The Bertz CT molecular complexity index is 1450. The summed E-state index contributed by atoms with van der Waals surface area (Å²) in [4.78, 5) is 9.90. The number of hydrogen-bond donors (Lipinski definition) is 0. The van der Waals surface area contributed by atoms with Gasteiger partial charge in [-0.3, -0.25) is 0 Å². The SMILES string of the molecule is C=C/C(=C\C(=C)C1=CC=CCC1)c1nc(-c2ccc(B3OC(C)(C)C(C)(C)O3)cc2)c2ccccc2n1. The van der Waals surface area contributed by atoms with E-state index in [4.69, 9.17) is 19.3 Å². The van der Waals surface area contributed by atoms with Gasteiger partial charge in [-0.05, 0) is 69.3 Å². The summed E-state index contributed by atoms with van der Waals surface area (Å²) >= 11 is 0. The molecule has 186 valence electrons. The third-order valence-electron chi connectivity index (χ3n) is 7.55. The van der Waals surface area contributed by atoms with Crippen LogP contribution in [0.3, 0.4) is 0 Å². The number of hydrogen-bond acceptors (Lipinski definition) is 4. The first-order valence-electron chi connectivity index (χ1n) is 12.8. The van der Waals surface area contributed by atoms with Crippen LogP contribution < -0.4 is 5.46 Å². The minimum absolute atomic E-state index is 0.379. The maximum atomic E-state index is 6.23. The smallest absolute Gasteiger partial charge is 0.399 e. The molecule has 0 N–H and O–H groups in total. The third-order valence-corrected chi connectivity index (χ3v) is 7.55. The summed E-state index contributed by atoms with van der Waals surface area (Å²) in [5, 5.41) is 0.997. The summed E-state index contributed by atoms with van der Waals surface area (Å²) in [7, 11) is -0.401. The Morgan fingerprint density at radius 2 is 1.68 bits per heavy atom. The molecular formula is C32H33BN2O2. The zero-order valence-corrected chi connectivity index (χ0v) is 22.1. The molecule has 1 aliphatic heterocycles. The van der Waals surface area contributed by atoms with E-state index in [1.165, 1.54) is 5.57 Å². The molecule has 0 radical (unpaired) electrons. The van der Waals surface area contributed by atoms with E-state index in [0.717, 1.165) is 51.6 Å². The van der Waals surface area contributed by atoms with Gasteiger partial charge >= 0.3 is 7.12 Å². The van der Waals surface area contributed by atoms with Crippen LogP contribution >= 0.6 is 0 Å². The fraction of sp³-hybridized carbons (Fsp3) is 0.250. The van der Waals surface area contributed by atoms with Gasteiger partial charge in [0.2, 0.25) is 0 Å². The van der Waals surface area contributed by atoms with Crippen molar-refractivity contribution in [3.63, 3.8) is 0 Å². The van der Waals surface area contributed by atoms with Crippen LogP contribution in [0, 0.1) is 0 Å². The number of rotatable bonds is 6. The Kier molecular flexibility index (Phi) is 6.61. The van der Waals surface area contributed by atoms with Crippen molar-refractivity contribution in [2.75, 3.05) is 0 Å². The Labute approximate surface area is 220 Å². The summed E-state index contributed by atoms with van der Waals surface area (Å²) in [6.45, 7) is 16.6. The number of aromatic nitrogens is 2. The van der Waals surface area contributed by atoms with Gasteiger partial charge in [0.05, 0.1) is 22.4 Å². The molecule has 4 nitrogen and oxygen atoms in total. The van der Waals surface area contributed by atoms with Crippen molar-refractivity contribution in [2.24, 2.45) is 0 Å². The molecule has 0 spiro atoms. The molecule has 2 aliphatic rings. The fourth-order valence-corrected chi connectivity index (χ4v) is 4.57. The molecule has 0 amide bonds. The lowest BCUT2D eigenvalue weighted by Crippen LogP contribution is -2.41. The van der Waals surface area contributed by atoms with Gasteiger partial charge in [-0.1, -0.05) is 79.9 Å². The van der Waals surface area contributed by atoms with Crippen LogP contribution in [0.15, 0.2) is 103 Å². The zero-order chi connectivity index (χ0) is 26.2. The number of allylic oxidation sites excluding steroid dienone is 8. The molecular weight excluding hydrogens is 455 g/mol. The van der Waals surface area contributed by atoms with Crippen LogP contribution in [0.5, 0.6) is 0 Å². The predicted molar refractivity (Wildman–Crippen MR) is 154 cm³/mol. The first kappa shape index (κ1) is 25.1. The lowest BCUT2D eigenvalue weighted by atomic mass is 9.78. The summed E-state index contributed by atoms with van der Waals surface area (Å²) in [5.41, 5.74) is 6.02. The van der Waals surface area contributed by atoms with E-state index in [2.05, 4.69) is 89.4 Å². The molecule has 5 rings (SSSR count). The van der Waals surface area contributed by atoms with Crippen molar-refractivity contribution in [1.82, 2.24) is 9.97 Å². The Balaban J connectivity index is 1.52. The number of nitrogens with zero attached hydrogens (tertiary/aromatic N) is 2. The predicted octanol–water partition coefficient (Wildman–Crippen LogP) is 7.00. The van der Waals surface area contributed by atoms with Crippen LogP contribution in [-0.4, -0.2) is 28.3 Å². The van der Waals surface area contributed by atoms with E-state index < -0.39 is 7.12 Å². The second kappa shape index (κ2) is 9.73. The van der Waals surface area contributed by atoms with Crippen molar-refractivity contribution in [2.45, 2.75) is 51.7 Å². The van der Waals surface area contributed by atoms with Crippen LogP contribution in [-0.2, 0) is 9.31 Å². The van der Waals surface area contributed by atoms with Gasteiger partial charge in [-0.25, -0.2) is 9.97 Å². The van der Waals surface area contributed by atoms with Gasteiger partial charge in [0.25, 0.3) is 0 Å². The van der Waals surface area contributed by atoms with Gasteiger partial charge in [-0.15, -0.1) is 0 Å². The molecule has 2 heterocycles. The lowest BCUT2D eigenvalue weighted by molar-refractivity contribution is 0.00578. The van der Waals surface area contributed by atoms with E-state index in [1.54, 1.807) is 6.08 Å². The van der Waals surface area contributed by atoms with E-state index in [-0.39, 0.29) is 11.2 Å². The standard InChI is InChI=1S/C32H33BN2O2/c1-7-23(21-22(2)24-13-9-8-10-14-24)30-34-28-16-12-11-15-27(28)29(35-30)25-17-19-26(20-18-25)33-36-31(3,4)32(5,6)37-33/h7-9,11-13,15-21H,1-2,10,14H2,3-6H3/b23-21+. The minimum atomic E-state index is -0.401. The lowest BCUT2D eigenvalue weighted by Gasteiger charge is -2.32. The number of benzene rings is 2. The van der Waals surface area contributed by atoms with Crippen molar-refractivity contribution < 1.29 is 9.31 Å². The van der Waals surface area contributed by atoms with Gasteiger partial charge in [-0.2, -0.15) is 0 Å². The van der Waals surface area contributed by atoms with Crippen LogP contribution in [0.25, 0.3) is 27.7 Å². The highest BCUT2D eigenvalue weighted by Gasteiger charge is 2.51. The highest BCUT2D eigenvalue weighted by atomic mass is 16.7. The van der Waals surface area contributed by atoms with E-state index >= 15 is 0 Å². The molecule has 5 heteroatoms. The quantitative estimate of drug-likeness (QED) is 0.277. The third kappa shape index (κ3) is 4.89. The highest BCUT2D eigenvalue weighted by molar-refractivity contribution is 6.62. The van der Waals surface area contributed by atoms with Crippen LogP contribution in [0.1, 0.15) is 46.4 Å².